The topological polar surface area (TPSA) is 46.2 Å². The van der Waals surface area contributed by atoms with Gasteiger partial charge in [-0.25, -0.2) is 8.42 Å². The Morgan fingerprint density at radius 3 is 2.50 bits per heavy atom. The molecule has 0 bridgehead atoms. The van der Waals surface area contributed by atoms with Crippen LogP contribution in [0.25, 0.3) is 0 Å². The van der Waals surface area contributed by atoms with E-state index in [0.29, 0.717) is 10.8 Å². The Morgan fingerprint density at radius 2 is 2.00 bits per heavy atom. The molecule has 0 heterocycles. The van der Waals surface area contributed by atoms with Gasteiger partial charge in [0.1, 0.15) is 0 Å². The predicted molar refractivity (Wildman–Crippen MR) is 75.4 cm³/mol. The molecule has 3 nitrogen and oxygen atoms in total. The molecule has 1 aromatic rings. The summed E-state index contributed by atoms with van der Waals surface area (Å²) in [5.41, 5.74) is 1.04. The zero-order valence-corrected chi connectivity index (χ0v) is 12.4. The maximum Gasteiger partial charge on any atom is 0.175 e. The molecule has 0 aromatic heterocycles. The van der Waals surface area contributed by atoms with Crippen LogP contribution >= 0.6 is 0 Å². The highest BCUT2D eigenvalue weighted by Crippen LogP contribution is 2.24. The van der Waals surface area contributed by atoms with Crippen molar-refractivity contribution in [3.8, 4) is 0 Å². The van der Waals surface area contributed by atoms with Gasteiger partial charge in [-0.2, -0.15) is 0 Å². The number of hydrogen-bond acceptors (Lipinski definition) is 3. The summed E-state index contributed by atoms with van der Waals surface area (Å²) < 4.78 is 23.1. The molecule has 102 valence electrons. The van der Waals surface area contributed by atoms with E-state index in [1.54, 1.807) is 12.1 Å². The molecule has 1 rings (SSSR count). The minimum Gasteiger partial charge on any atom is -0.313 e. The Kier molecular flexibility index (Phi) is 5.35. The fourth-order valence-electron chi connectivity index (χ4n) is 1.95. The summed E-state index contributed by atoms with van der Waals surface area (Å²) >= 11 is 0. The Balaban J connectivity index is 3.00. The van der Waals surface area contributed by atoms with E-state index in [1.165, 1.54) is 6.26 Å². The first kappa shape index (κ1) is 15.2. The van der Waals surface area contributed by atoms with Gasteiger partial charge in [0.05, 0.1) is 4.90 Å². The number of benzene rings is 1. The van der Waals surface area contributed by atoms with E-state index in [9.17, 15) is 8.42 Å². The average molecular weight is 269 g/mol. The lowest BCUT2D eigenvalue weighted by atomic mass is 9.94. The van der Waals surface area contributed by atoms with Crippen LogP contribution in [0.3, 0.4) is 0 Å². The maximum absolute atomic E-state index is 11.6. The lowest BCUT2D eigenvalue weighted by molar-refractivity contribution is 0.421. The van der Waals surface area contributed by atoms with Gasteiger partial charge in [-0.1, -0.05) is 32.4 Å². The highest BCUT2D eigenvalue weighted by Gasteiger charge is 2.15. The van der Waals surface area contributed by atoms with E-state index < -0.39 is 9.84 Å². The Bertz CT molecular complexity index is 482. The van der Waals surface area contributed by atoms with Gasteiger partial charge in [0.25, 0.3) is 0 Å². The summed E-state index contributed by atoms with van der Waals surface area (Å²) in [4.78, 5) is 0.393. The van der Waals surface area contributed by atoms with E-state index in [0.717, 1.165) is 18.4 Å². The van der Waals surface area contributed by atoms with Crippen LogP contribution in [0.4, 0.5) is 0 Å². The van der Waals surface area contributed by atoms with Gasteiger partial charge in [-0.3, -0.25) is 0 Å². The van der Waals surface area contributed by atoms with Crippen molar-refractivity contribution in [1.82, 2.24) is 5.32 Å². The molecular formula is C14H23NO2S. The molecule has 0 radical (unpaired) electrons. The number of hydrogen-bond donors (Lipinski definition) is 1. The average Bonchev–Trinajstić information content (AvgIpc) is 2.34. The second-order valence-electron chi connectivity index (χ2n) is 4.94. The normalized spacial score (nSPS) is 15.3. The molecule has 1 aromatic carbocycles. The van der Waals surface area contributed by atoms with Crippen molar-refractivity contribution in [2.45, 2.75) is 37.6 Å². The smallest absolute Gasteiger partial charge is 0.175 e. The number of sulfone groups is 1. The van der Waals surface area contributed by atoms with E-state index in [4.69, 9.17) is 0 Å². The molecule has 2 unspecified atom stereocenters. The number of rotatable bonds is 6. The molecule has 0 spiro atoms. The van der Waals surface area contributed by atoms with Crippen LogP contribution in [0.5, 0.6) is 0 Å². The predicted octanol–water partition coefficient (Wildman–Crippen LogP) is 2.79. The zero-order valence-electron chi connectivity index (χ0n) is 11.6. The van der Waals surface area contributed by atoms with E-state index >= 15 is 0 Å². The second kappa shape index (κ2) is 6.34. The van der Waals surface area contributed by atoms with Gasteiger partial charge in [0, 0.05) is 12.3 Å². The largest absolute Gasteiger partial charge is 0.313 e. The Morgan fingerprint density at radius 1 is 1.33 bits per heavy atom. The Hall–Kier alpha value is -0.870. The van der Waals surface area contributed by atoms with Gasteiger partial charge in [0.15, 0.2) is 9.84 Å². The van der Waals surface area contributed by atoms with E-state index in [2.05, 4.69) is 19.2 Å². The summed E-state index contributed by atoms with van der Waals surface area (Å²) in [5, 5.41) is 3.27. The Labute approximate surface area is 111 Å². The standard InChI is InChI=1S/C14H23NO2S/c1-5-11(2)9-14(15-3)12-7-6-8-13(10-12)18(4,16)17/h6-8,10-11,14-15H,5,9H2,1-4H3. The first-order valence-electron chi connectivity index (χ1n) is 6.35. The van der Waals surface area contributed by atoms with Crippen LogP contribution in [-0.4, -0.2) is 21.7 Å². The fourth-order valence-corrected chi connectivity index (χ4v) is 2.63. The molecule has 0 aliphatic heterocycles. The maximum atomic E-state index is 11.6. The molecule has 0 saturated heterocycles. The first-order chi connectivity index (χ1) is 8.38. The van der Waals surface area contributed by atoms with E-state index in [-0.39, 0.29) is 6.04 Å². The summed E-state index contributed by atoms with van der Waals surface area (Å²) in [5.74, 6) is 0.615. The van der Waals surface area contributed by atoms with Crippen LogP contribution in [0, 0.1) is 5.92 Å². The molecule has 0 saturated carbocycles. The monoisotopic (exact) mass is 269 g/mol. The van der Waals surface area contributed by atoms with Gasteiger partial charge >= 0.3 is 0 Å². The first-order valence-corrected chi connectivity index (χ1v) is 8.25. The van der Waals surface area contributed by atoms with Gasteiger partial charge in [-0.05, 0) is 37.1 Å². The van der Waals surface area contributed by atoms with E-state index in [1.807, 2.05) is 19.2 Å². The van der Waals surface area contributed by atoms with Crippen LogP contribution in [0.2, 0.25) is 0 Å². The molecule has 2 atom stereocenters. The summed E-state index contributed by atoms with van der Waals surface area (Å²) in [6.45, 7) is 4.38. The SMILES string of the molecule is CCC(C)CC(NC)c1cccc(S(C)(=O)=O)c1. The van der Waals surface area contributed by atoms with Gasteiger partial charge in [-0.15, -0.1) is 0 Å². The van der Waals surface area contributed by atoms with Crippen molar-refractivity contribution < 1.29 is 8.42 Å². The zero-order chi connectivity index (χ0) is 13.8. The van der Waals surface area contributed by atoms with Crippen molar-refractivity contribution in [2.75, 3.05) is 13.3 Å². The molecular weight excluding hydrogens is 246 g/mol. The molecule has 0 fully saturated rings. The highest BCUT2D eigenvalue weighted by molar-refractivity contribution is 7.90. The fraction of sp³-hybridized carbons (Fsp3) is 0.571. The van der Waals surface area contributed by atoms with Gasteiger partial charge in [0.2, 0.25) is 0 Å². The minimum absolute atomic E-state index is 0.210. The third-order valence-corrected chi connectivity index (χ3v) is 4.48. The van der Waals surface area contributed by atoms with Crippen LogP contribution in [-0.2, 0) is 9.84 Å². The molecule has 18 heavy (non-hydrogen) atoms. The molecule has 0 aliphatic rings. The minimum atomic E-state index is -3.13. The quantitative estimate of drug-likeness (QED) is 0.863. The summed E-state index contributed by atoms with van der Waals surface area (Å²) in [7, 11) is -1.21. The molecule has 0 amide bonds. The van der Waals surface area contributed by atoms with Crippen molar-refractivity contribution >= 4 is 9.84 Å². The molecule has 0 aliphatic carbocycles. The summed E-state index contributed by atoms with van der Waals surface area (Å²) in [6.07, 6.45) is 3.39. The van der Waals surface area contributed by atoms with Crippen molar-refractivity contribution in [1.29, 1.82) is 0 Å². The number of nitrogens with one attached hydrogen (secondary N) is 1. The highest BCUT2D eigenvalue weighted by atomic mass is 32.2. The van der Waals surface area contributed by atoms with Crippen molar-refractivity contribution in [3.63, 3.8) is 0 Å². The van der Waals surface area contributed by atoms with Crippen LogP contribution in [0.15, 0.2) is 29.2 Å². The molecule has 1 N–H and O–H groups in total. The van der Waals surface area contributed by atoms with Crippen LogP contribution < -0.4 is 5.32 Å². The van der Waals surface area contributed by atoms with Crippen LogP contribution in [0.1, 0.15) is 38.3 Å². The van der Waals surface area contributed by atoms with Gasteiger partial charge < -0.3 is 5.32 Å². The molecule has 4 heteroatoms. The second-order valence-corrected chi connectivity index (χ2v) is 6.95. The third-order valence-electron chi connectivity index (χ3n) is 3.37. The third kappa shape index (κ3) is 4.10. The summed E-state index contributed by atoms with van der Waals surface area (Å²) in [6, 6.07) is 7.43. The lowest BCUT2D eigenvalue weighted by Gasteiger charge is -2.20. The lowest BCUT2D eigenvalue weighted by Crippen LogP contribution is -2.19. The van der Waals surface area contributed by atoms with Crippen molar-refractivity contribution in [2.24, 2.45) is 5.92 Å². The van der Waals surface area contributed by atoms with Crippen molar-refractivity contribution in [3.05, 3.63) is 29.8 Å².